The SMILES string of the molecule is CCC(=O)N(Cc1ccc(F)cc1)[C@@H](C(=O)NCc1cccnc1)c1ccccc1. The first-order valence-electron chi connectivity index (χ1n) is 9.84. The van der Waals surface area contributed by atoms with Crippen molar-refractivity contribution in [3.05, 3.63) is 102 Å². The zero-order valence-corrected chi connectivity index (χ0v) is 16.8. The third kappa shape index (κ3) is 5.50. The monoisotopic (exact) mass is 405 g/mol. The van der Waals surface area contributed by atoms with Crippen LogP contribution in [0.3, 0.4) is 0 Å². The molecular weight excluding hydrogens is 381 g/mol. The van der Waals surface area contributed by atoms with E-state index in [2.05, 4.69) is 10.3 Å². The Hall–Kier alpha value is -3.54. The van der Waals surface area contributed by atoms with Crippen molar-refractivity contribution in [3.63, 3.8) is 0 Å². The Morgan fingerprint density at radius 3 is 2.37 bits per heavy atom. The molecule has 30 heavy (non-hydrogen) atoms. The molecule has 5 nitrogen and oxygen atoms in total. The Morgan fingerprint density at radius 2 is 1.73 bits per heavy atom. The van der Waals surface area contributed by atoms with Gasteiger partial charge in [-0.2, -0.15) is 0 Å². The van der Waals surface area contributed by atoms with Crippen LogP contribution in [-0.4, -0.2) is 21.7 Å². The molecule has 0 saturated carbocycles. The van der Waals surface area contributed by atoms with E-state index in [1.165, 1.54) is 12.1 Å². The fraction of sp³-hybridized carbons (Fsp3) is 0.208. The van der Waals surface area contributed by atoms with E-state index in [1.807, 2.05) is 36.4 Å². The van der Waals surface area contributed by atoms with Crippen molar-refractivity contribution in [1.29, 1.82) is 0 Å². The minimum absolute atomic E-state index is 0.162. The van der Waals surface area contributed by atoms with Gasteiger partial charge in [0, 0.05) is 31.9 Å². The highest BCUT2D eigenvalue weighted by atomic mass is 19.1. The van der Waals surface area contributed by atoms with E-state index in [9.17, 15) is 14.0 Å². The Morgan fingerprint density at radius 1 is 1.00 bits per heavy atom. The van der Waals surface area contributed by atoms with Gasteiger partial charge in [0.2, 0.25) is 11.8 Å². The zero-order valence-electron chi connectivity index (χ0n) is 16.8. The van der Waals surface area contributed by atoms with Gasteiger partial charge in [-0.05, 0) is 34.9 Å². The molecule has 0 aliphatic carbocycles. The first-order chi connectivity index (χ1) is 14.6. The molecule has 0 aliphatic heterocycles. The topological polar surface area (TPSA) is 62.3 Å². The van der Waals surface area contributed by atoms with Gasteiger partial charge in [-0.15, -0.1) is 0 Å². The van der Waals surface area contributed by atoms with Crippen LogP contribution in [0.4, 0.5) is 4.39 Å². The number of aromatic nitrogens is 1. The molecule has 6 heteroatoms. The summed E-state index contributed by atoms with van der Waals surface area (Å²) in [7, 11) is 0. The van der Waals surface area contributed by atoms with Crippen molar-refractivity contribution in [1.82, 2.24) is 15.2 Å². The first-order valence-corrected chi connectivity index (χ1v) is 9.84. The second-order valence-electron chi connectivity index (χ2n) is 6.89. The quantitative estimate of drug-likeness (QED) is 0.616. The van der Waals surface area contributed by atoms with Crippen molar-refractivity contribution >= 4 is 11.8 Å². The standard InChI is InChI=1S/C24H24FN3O2/c1-2-22(29)28(17-18-10-12-21(25)13-11-18)23(20-8-4-3-5-9-20)24(30)27-16-19-7-6-14-26-15-19/h3-15,23H,2,16-17H2,1H3,(H,27,30)/t23-/m1/s1. The highest BCUT2D eigenvalue weighted by molar-refractivity contribution is 5.88. The second kappa shape index (κ2) is 10.3. The van der Waals surface area contributed by atoms with Crippen LogP contribution in [0.15, 0.2) is 79.1 Å². The normalized spacial score (nSPS) is 11.5. The van der Waals surface area contributed by atoms with Crippen molar-refractivity contribution in [2.24, 2.45) is 0 Å². The van der Waals surface area contributed by atoms with Gasteiger partial charge in [0.05, 0.1) is 0 Å². The Balaban J connectivity index is 1.89. The summed E-state index contributed by atoms with van der Waals surface area (Å²) in [5.74, 6) is -0.792. The van der Waals surface area contributed by atoms with Gasteiger partial charge in [-0.25, -0.2) is 4.39 Å². The number of nitrogens with zero attached hydrogens (tertiary/aromatic N) is 2. The summed E-state index contributed by atoms with van der Waals surface area (Å²) < 4.78 is 13.3. The summed E-state index contributed by atoms with van der Waals surface area (Å²) in [6.45, 7) is 2.27. The highest BCUT2D eigenvalue weighted by Gasteiger charge is 2.30. The van der Waals surface area contributed by atoms with Gasteiger partial charge in [0.15, 0.2) is 0 Å². The van der Waals surface area contributed by atoms with Crippen LogP contribution in [0.5, 0.6) is 0 Å². The smallest absolute Gasteiger partial charge is 0.247 e. The van der Waals surface area contributed by atoms with Gasteiger partial charge in [-0.1, -0.05) is 55.5 Å². The summed E-state index contributed by atoms with van der Waals surface area (Å²) >= 11 is 0. The molecule has 0 unspecified atom stereocenters. The van der Waals surface area contributed by atoms with E-state index in [1.54, 1.807) is 42.4 Å². The maximum atomic E-state index is 13.3. The lowest BCUT2D eigenvalue weighted by Crippen LogP contribution is -2.43. The molecule has 2 amide bonds. The van der Waals surface area contributed by atoms with Gasteiger partial charge in [-0.3, -0.25) is 14.6 Å². The predicted octanol–water partition coefficient (Wildman–Crippen LogP) is 4.02. The van der Waals surface area contributed by atoms with Gasteiger partial charge >= 0.3 is 0 Å². The fourth-order valence-corrected chi connectivity index (χ4v) is 3.21. The number of hydrogen-bond acceptors (Lipinski definition) is 3. The molecular formula is C24H24FN3O2. The van der Waals surface area contributed by atoms with E-state index in [0.29, 0.717) is 12.1 Å². The van der Waals surface area contributed by atoms with Gasteiger partial charge < -0.3 is 10.2 Å². The number of hydrogen-bond donors (Lipinski definition) is 1. The molecule has 0 saturated heterocycles. The third-order valence-electron chi connectivity index (χ3n) is 4.75. The third-order valence-corrected chi connectivity index (χ3v) is 4.75. The van der Waals surface area contributed by atoms with Gasteiger partial charge in [0.25, 0.3) is 0 Å². The Kier molecular flexibility index (Phi) is 7.27. The van der Waals surface area contributed by atoms with Crippen molar-refractivity contribution in [2.75, 3.05) is 0 Å². The largest absolute Gasteiger partial charge is 0.350 e. The van der Waals surface area contributed by atoms with Gasteiger partial charge in [0.1, 0.15) is 11.9 Å². The zero-order chi connectivity index (χ0) is 21.3. The average molecular weight is 405 g/mol. The molecule has 1 aromatic heterocycles. The minimum Gasteiger partial charge on any atom is -0.350 e. The van der Waals surface area contributed by atoms with E-state index in [4.69, 9.17) is 0 Å². The summed E-state index contributed by atoms with van der Waals surface area (Å²) in [6.07, 6.45) is 3.61. The minimum atomic E-state index is -0.805. The van der Waals surface area contributed by atoms with E-state index in [0.717, 1.165) is 11.1 Å². The van der Waals surface area contributed by atoms with Crippen molar-refractivity contribution in [2.45, 2.75) is 32.5 Å². The molecule has 0 bridgehead atoms. The summed E-state index contributed by atoms with van der Waals surface area (Å²) in [6, 6.07) is 18.0. The number of carbonyl (C=O) groups is 2. The maximum Gasteiger partial charge on any atom is 0.247 e. The lowest BCUT2D eigenvalue weighted by atomic mass is 10.0. The molecule has 0 fully saturated rings. The molecule has 1 heterocycles. The number of benzene rings is 2. The summed E-state index contributed by atoms with van der Waals surface area (Å²) in [4.78, 5) is 31.7. The highest BCUT2D eigenvalue weighted by Crippen LogP contribution is 2.25. The molecule has 3 aromatic rings. The molecule has 0 spiro atoms. The van der Waals surface area contributed by atoms with E-state index >= 15 is 0 Å². The molecule has 0 radical (unpaired) electrons. The summed E-state index contributed by atoms with van der Waals surface area (Å²) in [5, 5.41) is 2.92. The van der Waals surface area contributed by atoms with Crippen LogP contribution in [0.1, 0.15) is 36.1 Å². The number of halogens is 1. The molecule has 154 valence electrons. The van der Waals surface area contributed by atoms with Crippen LogP contribution in [0, 0.1) is 5.82 Å². The van der Waals surface area contributed by atoms with E-state index < -0.39 is 6.04 Å². The number of pyridine rings is 1. The lowest BCUT2D eigenvalue weighted by Gasteiger charge is -2.31. The Labute approximate surface area is 175 Å². The molecule has 3 rings (SSSR count). The molecule has 1 atom stereocenters. The number of amides is 2. The number of rotatable bonds is 8. The lowest BCUT2D eigenvalue weighted by molar-refractivity contribution is -0.141. The van der Waals surface area contributed by atoms with Crippen LogP contribution in [0.2, 0.25) is 0 Å². The average Bonchev–Trinajstić information content (AvgIpc) is 2.79. The maximum absolute atomic E-state index is 13.3. The molecule has 2 aromatic carbocycles. The Bertz CT molecular complexity index is 963. The van der Waals surface area contributed by atoms with Crippen LogP contribution >= 0.6 is 0 Å². The second-order valence-corrected chi connectivity index (χ2v) is 6.89. The molecule has 0 aliphatic rings. The van der Waals surface area contributed by atoms with E-state index in [-0.39, 0.29) is 30.6 Å². The van der Waals surface area contributed by atoms with Crippen LogP contribution < -0.4 is 5.32 Å². The van der Waals surface area contributed by atoms with Crippen LogP contribution in [-0.2, 0) is 22.7 Å². The first kappa shape index (κ1) is 21.2. The van der Waals surface area contributed by atoms with Crippen molar-refractivity contribution < 1.29 is 14.0 Å². The van der Waals surface area contributed by atoms with Crippen molar-refractivity contribution in [3.8, 4) is 0 Å². The molecule has 1 N–H and O–H groups in total. The number of nitrogens with one attached hydrogen (secondary N) is 1. The predicted molar refractivity (Wildman–Crippen MR) is 113 cm³/mol. The van der Waals surface area contributed by atoms with Crippen LogP contribution in [0.25, 0.3) is 0 Å². The number of carbonyl (C=O) groups excluding carboxylic acids is 2. The fourth-order valence-electron chi connectivity index (χ4n) is 3.21. The summed E-state index contributed by atoms with van der Waals surface area (Å²) in [5.41, 5.74) is 2.33.